The van der Waals surface area contributed by atoms with Crippen LogP contribution in [0.1, 0.15) is 35.7 Å². The quantitative estimate of drug-likeness (QED) is 0.918. The molecule has 1 aromatic rings. The van der Waals surface area contributed by atoms with E-state index in [1.807, 2.05) is 11.8 Å². The maximum atomic E-state index is 13.4. The predicted octanol–water partition coefficient (Wildman–Crippen LogP) is 2.60. The van der Waals surface area contributed by atoms with Crippen molar-refractivity contribution >= 4 is 5.91 Å². The van der Waals surface area contributed by atoms with E-state index in [0.29, 0.717) is 18.0 Å². The van der Waals surface area contributed by atoms with E-state index in [1.54, 1.807) is 13.0 Å². The van der Waals surface area contributed by atoms with Gasteiger partial charge in [0.15, 0.2) is 0 Å². The first-order valence-corrected chi connectivity index (χ1v) is 7.37. The highest BCUT2D eigenvalue weighted by molar-refractivity contribution is 5.94. The fourth-order valence-corrected chi connectivity index (χ4v) is 2.79. The third-order valence-corrected chi connectivity index (χ3v) is 3.84. The van der Waals surface area contributed by atoms with E-state index in [4.69, 9.17) is 0 Å². The number of carbonyl (C=O) groups is 1. The van der Waals surface area contributed by atoms with Gasteiger partial charge in [-0.25, -0.2) is 4.39 Å². The monoisotopic (exact) mass is 278 g/mol. The molecule has 0 spiro atoms. The van der Waals surface area contributed by atoms with Crippen LogP contribution in [0.2, 0.25) is 0 Å². The number of nitrogens with zero attached hydrogens (tertiary/aromatic N) is 1. The number of benzene rings is 1. The molecule has 3 nitrogen and oxygen atoms in total. The summed E-state index contributed by atoms with van der Waals surface area (Å²) in [5.41, 5.74) is 1.23. The molecule has 110 valence electrons. The lowest BCUT2D eigenvalue weighted by Gasteiger charge is -2.29. The smallest absolute Gasteiger partial charge is 0.253 e. The van der Waals surface area contributed by atoms with E-state index in [-0.39, 0.29) is 11.7 Å². The Kier molecular flexibility index (Phi) is 5.12. The summed E-state index contributed by atoms with van der Waals surface area (Å²) in [6.45, 7) is 7.22. The average molecular weight is 278 g/mol. The summed E-state index contributed by atoms with van der Waals surface area (Å²) >= 11 is 0. The Hall–Kier alpha value is -1.42. The lowest BCUT2D eigenvalue weighted by molar-refractivity contribution is 0.0728. The van der Waals surface area contributed by atoms with Crippen LogP contribution < -0.4 is 5.32 Å². The zero-order valence-corrected chi connectivity index (χ0v) is 12.3. The summed E-state index contributed by atoms with van der Waals surface area (Å²) in [5.74, 6) is 0.0896. The van der Waals surface area contributed by atoms with Crippen molar-refractivity contribution in [2.24, 2.45) is 5.92 Å². The Labute approximate surface area is 120 Å². The first-order chi connectivity index (χ1) is 9.60. The Morgan fingerprint density at radius 3 is 2.85 bits per heavy atom. The molecule has 1 amide bonds. The molecule has 0 radical (unpaired) electrons. The molecular weight excluding hydrogens is 255 g/mol. The summed E-state index contributed by atoms with van der Waals surface area (Å²) in [4.78, 5) is 14.3. The minimum atomic E-state index is -0.344. The Morgan fingerprint density at radius 2 is 2.25 bits per heavy atom. The molecule has 0 aromatic heterocycles. The van der Waals surface area contributed by atoms with Crippen LogP contribution in [0.4, 0.5) is 4.39 Å². The van der Waals surface area contributed by atoms with Crippen molar-refractivity contribution in [1.82, 2.24) is 10.2 Å². The summed E-state index contributed by atoms with van der Waals surface area (Å²) in [5, 5.41) is 3.36. The lowest BCUT2D eigenvalue weighted by Crippen LogP contribution is -2.41. The van der Waals surface area contributed by atoms with Crippen molar-refractivity contribution in [3.8, 4) is 0 Å². The molecule has 1 aromatic carbocycles. The molecule has 0 saturated carbocycles. The second kappa shape index (κ2) is 6.84. The number of hydrogen-bond donors (Lipinski definition) is 1. The van der Waals surface area contributed by atoms with Crippen molar-refractivity contribution < 1.29 is 9.18 Å². The SMILES string of the molecule is CCN(CC1CCCNC1)C(=O)c1cc(C)cc(F)c1. The number of rotatable bonds is 4. The van der Waals surface area contributed by atoms with Crippen LogP contribution in [-0.2, 0) is 0 Å². The predicted molar refractivity (Wildman–Crippen MR) is 78.3 cm³/mol. The highest BCUT2D eigenvalue weighted by Crippen LogP contribution is 2.15. The number of halogens is 1. The Bertz CT molecular complexity index is 449. The van der Waals surface area contributed by atoms with Gasteiger partial charge in [-0.1, -0.05) is 0 Å². The largest absolute Gasteiger partial charge is 0.339 e. The summed E-state index contributed by atoms with van der Waals surface area (Å²) < 4.78 is 13.4. The molecule has 1 unspecified atom stereocenters. The molecule has 20 heavy (non-hydrogen) atoms. The Morgan fingerprint density at radius 1 is 1.45 bits per heavy atom. The van der Waals surface area contributed by atoms with Crippen molar-refractivity contribution in [1.29, 1.82) is 0 Å². The third kappa shape index (κ3) is 3.79. The van der Waals surface area contributed by atoms with E-state index in [2.05, 4.69) is 5.32 Å². The van der Waals surface area contributed by atoms with Gasteiger partial charge < -0.3 is 10.2 Å². The topological polar surface area (TPSA) is 32.3 Å². The van der Waals surface area contributed by atoms with Crippen LogP contribution in [0.5, 0.6) is 0 Å². The van der Waals surface area contributed by atoms with E-state index in [0.717, 1.165) is 38.0 Å². The molecule has 0 aliphatic carbocycles. The molecule has 1 aliphatic rings. The first-order valence-electron chi connectivity index (χ1n) is 7.37. The zero-order chi connectivity index (χ0) is 14.5. The normalized spacial score (nSPS) is 18.9. The van der Waals surface area contributed by atoms with Crippen molar-refractivity contribution in [2.45, 2.75) is 26.7 Å². The maximum absolute atomic E-state index is 13.4. The molecular formula is C16H23FN2O. The van der Waals surface area contributed by atoms with Crippen LogP contribution in [0, 0.1) is 18.7 Å². The van der Waals surface area contributed by atoms with Crippen LogP contribution in [-0.4, -0.2) is 37.0 Å². The number of aryl methyl sites for hydroxylation is 1. The standard InChI is InChI=1S/C16H23FN2O/c1-3-19(11-13-5-4-6-18-10-13)16(20)14-7-12(2)8-15(17)9-14/h7-9,13,18H,3-6,10-11H2,1-2H3. The minimum absolute atomic E-state index is 0.0688. The van der Waals surface area contributed by atoms with Crippen molar-refractivity contribution in [2.75, 3.05) is 26.2 Å². The lowest BCUT2D eigenvalue weighted by atomic mass is 9.98. The number of hydrogen-bond acceptors (Lipinski definition) is 2. The second-order valence-electron chi connectivity index (χ2n) is 5.57. The minimum Gasteiger partial charge on any atom is -0.339 e. The maximum Gasteiger partial charge on any atom is 0.253 e. The number of carbonyl (C=O) groups excluding carboxylic acids is 1. The van der Waals surface area contributed by atoms with E-state index < -0.39 is 0 Å². The van der Waals surface area contributed by atoms with Crippen molar-refractivity contribution in [3.63, 3.8) is 0 Å². The van der Waals surface area contributed by atoms with Gasteiger partial charge in [-0.15, -0.1) is 0 Å². The second-order valence-corrected chi connectivity index (χ2v) is 5.57. The molecule has 1 N–H and O–H groups in total. The number of nitrogens with one attached hydrogen (secondary N) is 1. The highest BCUT2D eigenvalue weighted by atomic mass is 19.1. The molecule has 1 fully saturated rings. The van der Waals surface area contributed by atoms with Gasteiger partial charge in [0, 0.05) is 18.7 Å². The summed E-state index contributed by atoms with van der Waals surface area (Å²) in [6.07, 6.45) is 2.31. The van der Waals surface area contributed by atoms with Gasteiger partial charge >= 0.3 is 0 Å². The fourth-order valence-electron chi connectivity index (χ4n) is 2.79. The van der Waals surface area contributed by atoms with Crippen LogP contribution in [0.25, 0.3) is 0 Å². The van der Waals surface area contributed by atoms with Gasteiger partial charge in [0.05, 0.1) is 0 Å². The van der Waals surface area contributed by atoms with Crippen LogP contribution in [0.3, 0.4) is 0 Å². The summed E-state index contributed by atoms with van der Waals surface area (Å²) in [6, 6.07) is 4.53. The van der Waals surface area contributed by atoms with Crippen LogP contribution >= 0.6 is 0 Å². The van der Waals surface area contributed by atoms with Gasteiger partial charge in [0.25, 0.3) is 5.91 Å². The number of amides is 1. The molecule has 1 saturated heterocycles. The van der Waals surface area contributed by atoms with Gasteiger partial charge in [0.2, 0.25) is 0 Å². The Balaban J connectivity index is 2.07. The molecule has 1 atom stereocenters. The molecule has 1 aliphatic heterocycles. The summed E-state index contributed by atoms with van der Waals surface area (Å²) in [7, 11) is 0. The van der Waals surface area contributed by atoms with E-state index in [9.17, 15) is 9.18 Å². The van der Waals surface area contributed by atoms with Gasteiger partial charge in [-0.2, -0.15) is 0 Å². The first kappa shape index (κ1) is 15.0. The average Bonchev–Trinajstić information content (AvgIpc) is 2.44. The van der Waals surface area contributed by atoms with E-state index >= 15 is 0 Å². The zero-order valence-electron chi connectivity index (χ0n) is 12.3. The van der Waals surface area contributed by atoms with Gasteiger partial charge in [-0.05, 0) is 69.5 Å². The number of piperidine rings is 1. The van der Waals surface area contributed by atoms with Gasteiger partial charge in [-0.3, -0.25) is 4.79 Å². The third-order valence-electron chi connectivity index (χ3n) is 3.84. The molecule has 2 rings (SSSR count). The molecule has 0 bridgehead atoms. The molecule has 4 heteroatoms. The van der Waals surface area contributed by atoms with Gasteiger partial charge in [0.1, 0.15) is 5.82 Å². The molecule has 1 heterocycles. The van der Waals surface area contributed by atoms with Crippen LogP contribution in [0.15, 0.2) is 18.2 Å². The van der Waals surface area contributed by atoms with E-state index in [1.165, 1.54) is 12.1 Å². The highest BCUT2D eigenvalue weighted by Gasteiger charge is 2.21. The fraction of sp³-hybridized carbons (Fsp3) is 0.562. The van der Waals surface area contributed by atoms with Crippen molar-refractivity contribution in [3.05, 3.63) is 35.1 Å².